The molecule has 2 aromatic rings. The Labute approximate surface area is 126 Å². The summed E-state index contributed by atoms with van der Waals surface area (Å²) in [6.07, 6.45) is -2.88. The molecule has 5 nitrogen and oxygen atoms in total. The zero-order valence-corrected chi connectivity index (χ0v) is 11.3. The van der Waals surface area contributed by atoms with Gasteiger partial charge in [0.15, 0.2) is 5.69 Å². The van der Waals surface area contributed by atoms with E-state index in [9.17, 15) is 26.7 Å². The van der Waals surface area contributed by atoms with Crippen LogP contribution >= 0.6 is 0 Å². The van der Waals surface area contributed by atoms with Crippen molar-refractivity contribution >= 4 is 12.1 Å². The van der Waals surface area contributed by atoms with Crippen LogP contribution in [0.25, 0.3) is 0 Å². The minimum atomic E-state index is -4.61. The van der Waals surface area contributed by atoms with Crippen LogP contribution in [0.2, 0.25) is 0 Å². The number of hydrazone groups is 1. The Bertz CT molecular complexity index is 718. The van der Waals surface area contributed by atoms with E-state index in [1.54, 1.807) is 0 Å². The van der Waals surface area contributed by atoms with Crippen LogP contribution in [0.5, 0.6) is 0 Å². The van der Waals surface area contributed by atoms with Crippen LogP contribution in [0.4, 0.5) is 22.0 Å². The molecule has 1 N–H and O–H groups in total. The summed E-state index contributed by atoms with van der Waals surface area (Å²) < 4.78 is 64.3. The summed E-state index contributed by atoms with van der Waals surface area (Å²) in [7, 11) is 0. The van der Waals surface area contributed by atoms with Gasteiger partial charge in [0.1, 0.15) is 18.2 Å². The highest BCUT2D eigenvalue weighted by atomic mass is 19.4. The second kappa shape index (κ2) is 6.55. The number of nitrogens with one attached hydrogen (secondary N) is 1. The number of alkyl halides is 3. The Morgan fingerprint density at radius 1 is 1.26 bits per heavy atom. The van der Waals surface area contributed by atoms with Gasteiger partial charge < -0.3 is 0 Å². The summed E-state index contributed by atoms with van der Waals surface area (Å²) in [5.41, 5.74) is 0.348. The third-order valence-corrected chi connectivity index (χ3v) is 2.62. The molecule has 0 radical (unpaired) electrons. The van der Waals surface area contributed by atoms with Crippen molar-refractivity contribution in [2.24, 2.45) is 5.10 Å². The summed E-state index contributed by atoms with van der Waals surface area (Å²) in [5.74, 6) is -2.55. The maximum absolute atomic E-state index is 13.3. The van der Waals surface area contributed by atoms with E-state index < -0.39 is 41.5 Å². The van der Waals surface area contributed by atoms with Crippen molar-refractivity contribution in [2.75, 3.05) is 0 Å². The van der Waals surface area contributed by atoms with Gasteiger partial charge >= 0.3 is 6.18 Å². The predicted octanol–water partition coefficient (Wildman–Crippen LogP) is 2.33. The number of carbonyl (C=O) groups is 1. The molecule has 1 amide bonds. The molecule has 122 valence electrons. The minimum Gasteiger partial charge on any atom is -0.271 e. The Kier molecular flexibility index (Phi) is 4.72. The van der Waals surface area contributed by atoms with Crippen LogP contribution in [-0.2, 0) is 17.5 Å². The second-order valence-corrected chi connectivity index (χ2v) is 4.32. The smallest absolute Gasteiger partial charge is 0.271 e. The topological polar surface area (TPSA) is 59.3 Å². The molecule has 2 rings (SSSR count). The van der Waals surface area contributed by atoms with Crippen molar-refractivity contribution < 1.29 is 26.7 Å². The van der Waals surface area contributed by atoms with Gasteiger partial charge in [-0.2, -0.15) is 23.4 Å². The molecule has 1 heterocycles. The third kappa shape index (κ3) is 4.34. The molecule has 10 heteroatoms. The Hall–Kier alpha value is -2.78. The number of hydrogen-bond donors (Lipinski definition) is 1. The molecule has 1 aromatic heterocycles. The maximum Gasteiger partial charge on any atom is 0.435 e. The molecule has 0 saturated carbocycles. The van der Waals surface area contributed by atoms with Gasteiger partial charge in [-0.3, -0.25) is 9.48 Å². The molecular formula is C13H9F5N4O. The average Bonchev–Trinajstić information content (AvgIpc) is 2.90. The molecule has 0 aliphatic rings. The second-order valence-electron chi connectivity index (χ2n) is 4.32. The van der Waals surface area contributed by atoms with E-state index >= 15 is 0 Å². The van der Waals surface area contributed by atoms with E-state index in [2.05, 4.69) is 10.2 Å². The molecule has 23 heavy (non-hydrogen) atoms. The molecule has 0 fully saturated rings. The fourth-order valence-electron chi connectivity index (χ4n) is 1.59. The Morgan fingerprint density at radius 3 is 2.48 bits per heavy atom. The average molecular weight is 332 g/mol. The highest BCUT2D eigenvalue weighted by Crippen LogP contribution is 2.27. The van der Waals surface area contributed by atoms with Crippen molar-refractivity contribution in [3.8, 4) is 0 Å². The van der Waals surface area contributed by atoms with E-state index in [1.807, 2.05) is 5.43 Å². The molecule has 0 aliphatic heterocycles. The fraction of sp³-hybridized carbons (Fsp3) is 0.154. The highest BCUT2D eigenvalue weighted by Gasteiger charge is 2.33. The number of rotatable bonds is 4. The third-order valence-electron chi connectivity index (χ3n) is 2.62. The number of benzene rings is 1. The van der Waals surface area contributed by atoms with E-state index in [0.29, 0.717) is 6.07 Å². The van der Waals surface area contributed by atoms with Crippen molar-refractivity contribution in [1.82, 2.24) is 15.2 Å². The van der Waals surface area contributed by atoms with Gasteiger partial charge in [-0.25, -0.2) is 14.2 Å². The number of aromatic nitrogens is 2. The van der Waals surface area contributed by atoms with Gasteiger partial charge in [0.05, 0.1) is 11.8 Å². The van der Waals surface area contributed by atoms with E-state index in [-0.39, 0.29) is 0 Å². The summed E-state index contributed by atoms with van der Waals surface area (Å²) in [5, 5.41) is 6.52. The molecule has 0 aliphatic carbocycles. The quantitative estimate of drug-likeness (QED) is 0.531. The van der Waals surface area contributed by atoms with Crippen LogP contribution in [0.3, 0.4) is 0 Å². The van der Waals surface area contributed by atoms with Crippen LogP contribution in [-0.4, -0.2) is 21.9 Å². The lowest BCUT2D eigenvalue weighted by atomic mass is 10.2. The van der Waals surface area contributed by atoms with Crippen LogP contribution < -0.4 is 5.43 Å². The largest absolute Gasteiger partial charge is 0.435 e. The molecule has 0 saturated heterocycles. The lowest BCUT2D eigenvalue weighted by molar-refractivity contribution is -0.141. The normalized spacial score (nSPS) is 11.9. The van der Waals surface area contributed by atoms with Gasteiger partial charge in [0.2, 0.25) is 0 Å². The van der Waals surface area contributed by atoms with Crippen LogP contribution in [0.1, 0.15) is 11.3 Å². The number of amides is 1. The van der Waals surface area contributed by atoms with Crippen LogP contribution in [0, 0.1) is 11.6 Å². The van der Waals surface area contributed by atoms with E-state index in [1.165, 1.54) is 0 Å². The first-order chi connectivity index (χ1) is 10.8. The molecule has 0 atom stereocenters. The number of halogens is 5. The van der Waals surface area contributed by atoms with Crippen molar-refractivity contribution in [1.29, 1.82) is 0 Å². The summed E-state index contributed by atoms with van der Waals surface area (Å²) in [6, 6.07) is 3.89. The first kappa shape index (κ1) is 16.6. The standard InChI is InChI=1S/C13H9F5N4O/c14-9-2-1-3-10(15)8(9)6-19-20-12(23)7-22-5-4-11(21-22)13(16,17)18/h1-6H,7H2,(H,20,23)/b19-6-. The lowest BCUT2D eigenvalue weighted by Crippen LogP contribution is -2.24. The van der Waals surface area contributed by atoms with Gasteiger partial charge in [-0.1, -0.05) is 6.07 Å². The molecule has 0 spiro atoms. The minimum absolute atomic E-state index is 0.453. The number of carbonyl (C=O) groups excluding carboxylic acids is 1. The first-order valence-corrected chi connectivity index (χ1v) is 6.14. The van der Waals surface area contributed by atoms with Crippen molar-refractivity contribution in [2.45, 2.75) is 12.7 Å². The molecule has 0 unspecified atom stereocenters. The predicted molar refractivity (Wildman–Crippen MR) is 69.3 cm³/mol. The summed E-state index contributed by atoms with van der Waals surface area (Å²) in [4.78, 5) is 11.5. The SMILES string of the molecule is O=C(Cn1ccc(C(F)(F)F)n1)N/N=C\c1c(F)cccc1F. The summed E-state index contributed by atoms with van der Waals surface area (Å²) >= 11 is 0. The van der Waals surface area contributed by atoms with E-state index in [4.69, 9.17) is 0 Å². The monoisotopic (exact) mass is 332 g/mol. The maximum atomic E-state index is 13.3. The highest BCUT2D eigenvalue weighted by molar-refractivity contribution is 5.82. The lowest BCUT2D eigenvalue weighted by Gasteiger charge is -2.02. The van der Waals surface area contributed by atoms with E-state index in [0.717, 1.165) is 35.3 Å². The Morgan fingerprint density at radius 2 is 1.91 bits per heavy atom. The molecule has 0 bridgehead atoms. The number of nitrogens with zero attached hydrogens (tertiary/aromatic N) is 3. The van der Waals surface area contributed by atoms with Gasteiger partial charge in [0, 0.05) is 6.20 Å². The molecule has 1 aromatic carbocycles. The zero-order valence-electron chi connectivity index (χ0n) is 11.3. The summed E-state index contributed by atoms with van der Waals surface area (Å²) in [6.45, 7) is -0.535. The van der Waals surface area contributed by atoms with Crippen molar-refractivity contribution in [3.63, 3.8) is 0 Å². The zero-order chi connectivity index (χ0) is 17.0. The van der Waals surface area contributed by atoms with Crippen molar-refractivity contribution in [3.05, 3.63) is 53.4 Å². The van der Waals surface area contributed by atoms with Crippen LogP contribution in [0.15, 0.2) is 35.6 Å². The van der Waals surface area contributed by atoms with Gasteiger partial charge in [0.25, 0.3) is 5.91 Å². The van der Waals surface area contributed by atoms with Gasteiger partial charge in [-0.15, -0.1) is 0 Å². The fourth-order valence-corrected chi connectivity index (χ4v) is 1.59. The van der Waals surface area contributed by atoms with Gasteiger partial charge in [-0.05, 0) is 18.2 Å². The number of hydrogen-bond acceptors (Lipinski definition) is 3. The Balaban J connectivity index is 1.95. The first-order valence-electron chi connectivity index (χ1n) is 6.14. The molecular weight excluding hydrogens is 323 g/mol.